The molecule has 20 heavy (non-hydrogen) atoms. The third-order valence-electron chi connectivity index (χ3n) is 2.74. The second kappa shape index (κ2) is 7.07. The van der Waals surface area contributed by atoms with Crippen molar-refractivity contribution in [2.24, 2.45) is 0 Å². The summed E-state index contributed by atoms with van der Waals surface area (Å²) in [6, 6.07) is 8.18. The second-order valence-electron chi connectivity index (χ2n) is 4.24. The SMILES string of the molecule is CCOC(=O)C[C@H](CC(=O)C(F)(F)F)c1ccccc1. The van der Waals surface area contributed by atoms with Gasteiger partial charge in [0.1, 0.15) is 0 Å². The van der Waals surface area contributed by atoms with E-state index in [9.17, 15) is 22.8 Å². The molecule has 1 aromatic carbocycles. The number of benzene rings is 1. The van der Waals surface area contributed by atoms with Crippen LogP contribution >= 0.6 is 0 Å². The maximum absolute atomic E-state index is 12.3. The average molecular weight is 288 g/mol. The molecule has 0 bridgehead atoms. The first kappa shape index (κ1) is 16.2. The number of alkyl halides is 3. The van der Waals surface area contributed by atoms with E-state index in [1.807, 2.05) is 0 Å². The predicted octanol–water partition coefficient (Wildman–Crippen LogP) is 3.24. The molecule has 1 aromatic rings. The largest absolute Gasteiger partial charge is 0.466 e. The van der Waals surface area contributed by atoms with Crippen molar-refractivity contribution >= 4 is 11.8 Å². The minimum absolute atomic E-state index is 0.146. The molecule has 0 saturated carbocycles. The van der Waals surface area contributed by atoms with E-state index in [2.05, 4.69) is 0 Å². The van der Waals surface area contributed by atoms with Gasteiger partial charge in [-0.15, -0.1) is 0 Å². The second-order valence-corrected chi connectivity index (χ2v) is 4.24. The molecule has 0 aliphatic carbocycles. The maximum Gasteiger partial charge on any atom is 0.449 e. The molecule has 1 rings (SSSR count). The molecule has 110 valence electrons. The van der Waals surface area contributed by atoms with E-state index < -0.39 is 30.3 Å². The molecule has 3 nitrogen and oxygen atoms in total. The van der Waals surface area contributed by atoms with Crippen LogP contribution in [-0.2, 0) is 14.3 Å². The van der Waals surface area contributed by atoms with Gasteiger partial charge < -0.3 is 4.74 Å². The van der Waals surface area contributed by atoms with Crippen molar-refractivity contribution in [1.29, 1.82) is 0 Å². The summed E-state index contributed by atoms with van der Waals surface area (Å²) >= 11 is 0. The predicted molar refractivity (Wildman–Crippen MR) is 66.1 cm³/mol. The van der Waals surface area contributed by atoms with Crippen molar-refractivity contribution in [3.8, 4) is 0 Å². The Kier molecular flexibility index (Phi) is 5.73. The molecule has 0 fully saturated rings. The van der Waals surface area contributed by atoms with Gasteiger partial charge in [0, 0.05) is 12.3 Å². The van der Waals surface area contributed by atoms with Crippen molar-refractivity contribution in [2.45, 2.75) is 31.9 Å². The monoisotopic (exact) mass is 288 g/mol. The Labute approximate surface area is 114 Å². The van der Waals surface area contributed by atoms with Crippen LogP contribution in [0.15, 0.2) is 30.3 Å². The molecule has 0 spiro atoms. The van der Waals surface area contributed by atoms with Crippen molar-refractivity contribution < 1.29 is 27.5 Å². The Morgan fingerprint density at radius 1 is 1.15 bits per heavy atom. The number of Topliss-reactive ketones (excluding diaryl/α,β-unsaturated/α-hetero) is 1. The van der Waals surface area contributed by atoms with Crippen molar-refractivity contribution in [1.82, 2.24) is 0 Å². The molecular formula is C14H15F3O3. The number of hydrogen-bond acceptors (Lipinski definition) is 3. The molecule has 0 amide bonds. The molecule has 1 atom stereocenters. The zero-order valence-corrected chi connectivity index (χ0v) is 10.9. The van der Waals surface area contributed by atoms with E-state index >= 15 is 0 Å². The maximum atomic E-state index is 12.3. The number of carbonyl (C=O) groups is 2. The van der Waals surface area contributed by atoms with Gasteiger partial charge in [0.05, 0.1) is 13.0 Å². The highest BCUT2D eigenvalue weighted by molar-refractivity contribution is 5.85. The smallest absolute Gasteiger partial charge is 0.449 e. The number of hydrogen-bond donors (Lipinski definition) is 0. The van der Waals surface area contributed by atoms with Crippen LogP contribution < -0.4 is 0 Å². The minimum Gasteiger partial charge on any atom is -0.466 e. The van der Waals surface area contributed by atoms with Gasteiger partial charge in [0.25, 0.3) is 0 Å². The fourth-order valence-corrected chi connectivity index (χ4v) is 1.79. The van der Waals surface area contributed by atoms with Crippen LogP contribution in [-0.4, -0.2) is 24.5 Å². The van der Waals surface area contributed by atoms with Gasteiger partial charge in [0.15, 0.2) is 0 Å². The molecule has 6 heteroatoms. The fourth-order valence-electron chi connectivity index (χ4n) is 1.79. The molecule has 0 radical (unpaired) electrons. The number of halogens is 3. The third-order valence-corrected chi connectivity index (χ3v) is 2.74. The van der Waals surface area contributed by atoms with E-state index in [-0.39, 0.29) is 13.0 Å². The highest BCUT2D eigenvalue weighted by atomic mass is 19.4. The van der Waals surface area contributed by atoms with Gasteiger partial charge in [-0.2, -0.15) is 13.2 Å². The summed E-state index contributed by atoms with van der Waals surface area (Å²) in [5, 5.41) is 0. The fraction of sp³-hybridized carbons (Fsp3) is 0.429. The number of ketones is 1. The van der Waals surface area contributed by atoms with Crippen LogP contribution in [0.4, 0.5) is 13.2 Å². The molecule has 0 saturated heterocycles. The van der Waals surface area contributed by atoms with Crippen LogP contribution in [0, 0.1) is 0 Å². The van der Waals surface area contributed by atoms with Crippen LogP contribution in [0.25, 0.3) is 0 Å². The molecular weight excluding hydrogens is 273 g/mol. The van der Waals surface area contributed by atoms with E-state index in [1.165, 1.54) is 0 Å². The Bertz CT molecular complexity index is 454. The van der Waals surface area contributed by atoms with Crippen LogP contribution in [0.2, 0.25) is 0 Å². The molecule has 0 N–H and O–H groups in total. The number of ether oxygens (including phenoxy) is 1. The third kappa shape index (κ3) is 5.03. The molecule has 0 unspecified atom stereocenters. The number of rotatable bonds is 6. The Balaban J connectivity index is 2.85. The number of esters is 1. The highest BCUT2D eigenvalue weighted by Crippen LogP contribution is 2.29. The lowest BCUT2D eigenvalue weighted by Gasteiger charge is -2.16. The van der Waals surface area contributed by atoms with E-state index in [4.69, 9.17) is 4.74 Å². The normalized spacial score (nSPS) is 12.8. The van der Waals surface area contributed by atoms with Crippen LogP contribution in [0.3, 0.4) is 0 Å². The van der Waals surface area contributed by atoms with E-state index in [1.54, 1.807) is 37.3 Å². The lowest BCUT2D eigenvalue weighted by molar-refractivity contribution is -0.171. The minimum atomic E-state index is -4.89. The zero-order chi connectivity index (χ0) is 15.2. The molecule has 0 aliphatic heterocycles. The van der Waals surface area contributed by atoms with Crippen molar-refractivity contribution in [3.05, 3.63) is 35.9 Å². The van der Waals surface area contributed by atoms with E-state index in [0.717, 1.165) is 0 Å². The zero-order valence-electron chi connectivity index (χ0n) is 10.9. The Morgan fingerprint density at radius 3 is 2.25 bits per heavy atom. The summed E-state index contributed by atoms with van der Waals surface area (Å²) in [5.74, 6) is -3.28. The summed E-state index contributed by atoms with van der Waals surface area (Å²) in [6.45, 7) is 1.75. The van der Waals surface area contributed by atoms with Crippen molar-refractivity contribution in [3.63, 3.8) is 0 Å². The van der Waals surface area contributed by atoms with Crippen LogP contribution in [0.1, 0.15) is 31.2 Å². The van der Waals surface area contributed by atoms with Gasteiger partial charge in [-0.05, 0) is 12.5 Å². The van der Waals surface area contributed by atoms with Gasteiger partial charge in [-0.3, -0.25) is 9.59 Å². The van der Waals surface area contributed by atoms with Gasteiger partial charge in [-0.1, -0.05) is 30.3 Å². The van der Waals surface area contributed by atoms with E-state index in [0.29, 0.717) is 5.56 Å². The molecule has 0 aromatic heterocycles. The standard InChI is InChI=1S/C14H15F3O3/c1-2-20-13(19)9-11(8-12(18)14(15,16)17)10-6-4-3-5-7-10/h3-7,11H,2,8-9H2,1H3/t11-/m0/s1. The lowest BCUT2D eigenvalue weighted by Crippen LogP contribution is -2.25. The van der Waals surface area contributed by atoms with Gasteiger partial charge in [0.2, 0.25) is 5.78 Å². The number of carbonyl (C=O) groups excluding carboxylic acids is 2. The van der Waals surface area contributed by atoms with Gasteiger partial charge in [-0.25, -0.2) is 0 Å². The lowest BCUT2D eigenvalue weighted by atomic mass is 9.90. The topological polar surface area (TPSA) is 43.4 Å². The first-order valence-corrected chi connectivity index (χ1v) is 6.15. The first-order valence-electron chi connectivity index (χ1n) is 6.15. The summed E-state index contributed by atoms with van der Waals surface area (Å²) in [6.07, 6.45) is -5.90. The Morgan fingerprint density at radius 2 is 1.75 bits per heavy atom. The summed E-state index contributed by atoms with van der Waals surface area (Å²) in [7, 11) is 0. The highest BCUT2D eigenvalue weighted by Gasteiger charge is 2.39. The molecule has 0 heterocycles. The quantitative estimate of drug-likeness (QED) is 0.755. The Hall–Kier alpha value is -1.85. The van der Waals surface area contributed by atoms with Crippen LogP contribution in [0.5, 0.6) is 0 Å². The first-order chi connectivity index (χ1) is 9.34. The summed E-state index contributed by atoms with van der Waals surface area (Å²) in [4.78, 5) is 22.6. The molecule has 0 aliphatic rings. The summed E-state index contributed by atoms with van der Waals surface area (Å²) < 4.78 is 41.8. The average Bonchev–Trinajstić information content (AvgIpc) is 2.38. The van der Waals surface area contributed by atoms with Gasteiger partial charge >= 0.3 is 12.1 Å². The van der Waals surface area contributed by atoms with Crippen molar-refractivity contribution in [2.75, 3.05) is 6.61 Å². The summed E-state index contributed by atoms with van der Waals surface area (Å²) in [5.41, 5.74) is 0.512.